The SMILES string of the molecule is CC(Sc1nnc(Nc2cccc(F)c2)s1)C(=O)Nc1ccc(F)cc1F. The topological polar surface area (TPSA) is 66.9 Å². The van der Waals surface area contributed by atoms with Crippen molar-refractivity contribution in [1.82, 2.24) is 10.2 Å². The van der Waals surface area contributed by atoms with E-state index in [2.05, 4.69) is 20.8 Å². The zero-order chi connectivity index (χ0) is 19.4. The molecule has 140 valence electrons. The van der Waals surface area contributed by atoms with Gasteiger partial charge in [0, 0.05) is 11.8 Å². The lowest BCUT2D eigenvalue weighted by Crippen LogP contribution is -2.22. The molecule has 3 aromatic rings. The first-order valence-corrected chi connectivity index (χ1v) is 9.39. The van der Waals surface area contributed by atoms with Crippen LogP contribution in [0.4, 0.5) is 29.7 Å². The number of rotatable bonds is 6. The smallest absolute Gasteiger partial charge is 0.237 e. The van der Waals surface area contributed by atoms with E-state index in [0.717, 1.165) is 23.9 Å². The molecule has 5 nitrogen and oxygen atoms in total. The second-order valence-electron chi connectivity index (χ2n) is 5.38. The molecule has 0 spiro atoms. The third-order valence-corrected chi connectivity index (χ3v) is 5.34. The standard InChI is InChI=1S/C17H13F3N4OS2/c1-9(15(25)22-14-6-5-11(19)8-13(14)20)26-17-24-23-16(27-17)21-12-4-2-3-10(18)7-12/h2-9H,1H3,(H,21,23)(H,22,25). The zero-order valence-corrected chi connectivity index (χ0v) is 15.5. The number of halogens is 3. The Hall–Kier alpha value is -2.59. The molecule has 27 heavy (non-hydrogen) atoms. The molecular formula is C17H13F3N4OS2. The second kappa shape index (κ2) is 8.40. The Kier molecular flexibility index (Phi) is 5.97. The fourth-order valence-corrected chi connectivity index (χ4v) is 3.94. The van der Waals surface area contributed by atoms with E-state index in [1.807, 2.05) is 0 Å². The lowest BCUT2D eigenvalue weighted by atomic mass is 10.3. The first kappa shape index (κ1) is 19.2. The number of nitrogens with zero attached hydrogens (tertiary/aromatic N) is 2. The minimum Gasteiger partial charge on any atom is -0.330 e. The van der Waals surface area contributed by atoms with E-state index < -0.39 is 22.8 Å². The van der Waals surface area contributed by atoms with Crippen molar-refractivity contribution in [2.75, 3.05) is 10.6 Å². The van der Waals surface area contributed by atoms with E-state index in [-0.39, 0.29) is 11.5 Å². The monoisotopic (exact) mass is 410 g/mol. The Morgan fingerprint density at radius 3 is 2.63 bits per heavy atom. The predicted octanol–water partition coefficient (Wildman–Crippen LogP) is 4.82. The van der Waals surface area contributed by atoms with E-state index in [9.17, 15) is 18.0 Å². The fraction of sp³-hybridized carbons (Fsp3) is 0.118. The van der Waals surface area contributed by atoms with Crippen molar-refractivity contribution in [3.8, 4) is 0 Å². The molecule has 1 amide bonds. The summed E-state index contributed by atoms with van der Waals surface area (Å²) in [5.74, 6) is -2.41. The third-order valence-electron chi connectivity index (χ3n) is 3.32. The van der Waals surface area contributed by atoms with Crippen molar-refractivity contribution >= 4 is 45.5 Å². The average molecular weight is 410 g/mol. The number of nitrogens with one attached hydrogen (secondary N) is 2. The van der Waals surface area contributed by atoms with Crippen LogP contribution in [0.1, 0.15) is 6.92 Å². The Bertz CT molecular complexity index is 967. The molecule has 3 rings (SSSR count). The van der Waals surface area contributed by atoms with Crippen LogP contribution < -0.4 is 10.6 Å². The maximum absolute atomic E-state index is 13.6. The highest BCUT2D eigenvalue weighted by molar-refractivity contribution is 8.02. The molecular weight excluding hydrogens is 397 g/mol. The van der Waals surface area contributed by atoms with Crippen molar-refractivity contribution < 1.29 is 18.0 Å². The van der Waals surface area contributed by atoms with Crippen LogP contribution in [0.25, 0.3) is 0 Å². The molecule has 0 aliphatic heterocycles. The van der Waals surface area contributed by atoms with Crippen LogP contribution >= 0.6 is 23.1 Å². The Labute approximate surface area is 161 Å². The number of amides is 1. The summed E-state index contributed by atoms with van der Waals surface area (Å²) in [6, 6.07) is 8.82. The van der Waals surface area contributed by atoms with E-state index in [1.54, 1.807) is 19.1 Å². The molecule has 0 bridgehead atoms. The van der Waals surface area contributed by atoms with Gasteiger partial charge in [-0.25, -0.2) is 13.2 Å². The molecule has 10 heteroatoms. The molecule has 0 saturated carbocycles. The lowest BCUT2D eigenvalue weighted by molar-refractivity contribution is -0.115. The minimum atomic E-state index is -0.849. The molecule has 0 aliphatic rings. The molecule has 2 N–H and O–H groups in total. The van der Waals surface area contributed by atoms with Crippen molar-refractivity contribution in [2.24, 2.45) is 0 Å². The second-order valence-corrected chi connectivity index (χ2v) is 7.95. The summed E-state index contributed by atoms with van der Waals surface area (Å²) in [7, 11) is 0. The van der Waals surface area contributed by atoms with Gasteiger partial charge in [0.2, 0.25) is 11.0 Å². The van der Waals surface area contributed by atoms with Gasteiger partial charge in [0.25, 0.3) is 0 Å². The van der Waals surface area contributed by atoms with Gasteiger partial charge >= 0.3 is 0 Å². The number of carbonyl (C=O) groups excluding carboxylic acids is 1. The van der Waals surface area contributed by atoms with Crippen molar-refractivity contribution in [3.63, 3.8) is 0 Å². The summed E-state index contributed by atoms with van der Waals surface area (Å²) in [6.07, 6.45) is 0. The van der Waals surface area contributed by atoms with Gasteiger partial charge in [0.1, 0.15) is 17.5 Å². The van der Waals surface area contributed by atoms with Crippen LogP contribution in [0.3, 0.4) is 0 Å². The van der Waals surface area contributed by atoms with Gasteiger partial charge in [-0.15, -0.1) is 10.2 Å². The van der Waals surface area contributed by atoms with Gasteiger partial charge in [0.15, 0.2) is 4.34 Å². The number of benzene rings is 2. The summed E-state index contributed by atoms with van der Waals surface area (Å²) in [5.41, 5.74) is 0.430. The highest BCUT2D eigenvalue weighted by Crippen LogP contribution is 2.31. The summed E-state index contributed by atoms with van der Waals surface area (Å²) in [6.45, 7) is 1.63. The first-order valence-electron chi connectivity index (χ1n) is 7.69. The van der Waals surface area contributed by atoms with E-state index in [1.165, 1.54) is 23.5 Å². The van der Waals surface area contributed by atoms with Crippen LogP contribution in [-0.4, -0.2) is 21.4 Å². The molecule has 0 saturated heterocycles. The number of aromatic nitrogens is 2. The van der Waals surface area contributed by atoms with E-state index in [0.29, 0.717) is 21.2 Å². The van der Waals surface area contributed by atoms with Crippen LogP contribution in [0.15, 0.2) is 46.8 Å². The van der Waals surface area contributed by atoms with Gasteiger partial charge in [-0.1, -0.05) is 29.2 Å². The predicted molar refractivity (Wildman–Crippen MR) is 99.9 cm³/mol. The van der Waals surface area contributed by atoms with E-state index in [4.69, 9.17) is 0 Å². The Morgan fingerprint density at radius 2 is 1.89 bits per heavy atom. The number of hydrogen-bond donors (Lipinski definition) is 2. The molecule has 1 aromatic heterocycles. The summed E-state index contributed by atoms with van der Waals surface area (Å²) >= 11 is 2.33. The van der Waals surface area contributed by atoms with Crippen LogP contribution in [-0.2, 0) is 4.79 Å². The maximum Gasteiger partial charge on any atom is 0.237 e. The summed E-state index contributed by atoms with van der Waals surface area (Å²) < 4.78 is 40.2. The number of hydrogen-bond acceptors (Lipinski definition) is 6. The highest BCUT2D eigenvalue weighted by Gasteiger charge is 2.19. The van der Waals surface area contributed by atoms with Crippen LogP contribution in [0.5, 0.6) is 0 Å². The van der Waals surface area contributed by atoms with Gasteiger partial charge in [-0.3, -0.25) is 4.79 Å². The molecule has 0 aliphatic carbocycles. The average Bonchev–Trinajstić information content (AvgIpc) is 3.04. The number of anilines is 3. The van der Waals surface area contributed by atoms with E-state index >= 15 is 0 Å². The Balaban J connectivity index is 1.59. The lowest BCUT2D eigenvalue weighted by Gasteiger charge is -2.10. The zero-order valence-electron chi connectivity index (χ0n) is 13.9. The quantitative estimate of drug-likeness (QED) is 0.571. The number of carbonyl (C=O) groups is 1. The van der Waals surface area contributed by atoms with Gasteiger partial charge in [0.05, 0.1) is 10.9 Å². The summed E-state index contributed by atoms with van der Waals surface area (Å²) in [4.78, 5) is 12.2. The first-order chi connectivity index (χ1) is 12.9. The van der Waals surface area contributed by atoms with Crippen molar-refractivity contribution in [1.29, 1.82) is 0 Å². The third kappa shape index (κ3) is 5.20. The van der Waals surface area contributed by atoms with Crippen LogP contribution in [0, 0.1) is 17.5 Å². The summed E-state index contributed by atoms with van der Waals surface area (Å²) in [5, 5.41) is 13.1. The van der Waals surface area contributed by atoms with Crippen molar-refractivity contribution in [3.05, 3.63) is 59.9 Å². The minimum absolute atomic E-state index is 0.0976. The number of thioether (sulfide) groups is 1. The van der Waals surface area contributed by atoms with Gasteiger partial charge < -0.3 is 10.6 Å². The normalized spacial score (nSPS) is 11.9. The van der Waals surface area contributed by atoms with Crippen molar-refractivity contribution in [2.45, 2.75) is 16.5 Å². The molecule has 1 heterocycles. The molecule has 0 fully saturated rings. The molecule has 0 radical (unpaired) electrons. The largest absolute Gasteiger partial charge is 0.330 e. The molecule has 1 atom stereocenters. The Morgan fingerprint density at radius 1 is 1.11 bits per heavy atom. The van der Waals surface area contributed by atoms with Gasteiger partial charge in [-0.05, 0) is 37.3 Å². The maximum atomic E-state index is 13.6. The fourth-order valence-electron chi connectivity index (χ4n) is 2.03. The molecule has 2 aromatic carbocycles. The molecule has 1 unspecified atom stereocenters. The highest BCUT2D eigenvalue weighted by atomic mass is 32.2. The van der Waals surface area contributed by atoms with Gasteiger partial charge in [-0.2, -0.15) is 0 Å². The van der Waals surface area contributed by atoms with Crippen LogP contribution in [0.2, 0.25) is 0 Å².